The zero-order valence-electron chi connectivity index (χ0n) is 10.2. The molecule has 1 N–H and O–H groups in total. The highest BCUT2D eigenvalue weighted by molar-refractivity contribution is 5.60. The van der Waals surface area contributed by atoms with Crippen molar-refractivity contribution in [2.24, 2.45) is 0 Å². The third-order valence-electron chi connectivity index (χ3n) is 3.10. The zero-order chi connectivity index (χ0) is 11.5. The van der Waals surface area contributed by atoms with Crippen LogP contribution in [0.5, 0.6) is 5.75 Å². The molecule has 3 nitrogen and oxygen atoms in total. The molecule has 1 fully saturated rings. The van der Waals surface area contributed by atoms with Gasteiger partial charge < -0.3 is 14.8 Å². The van der Waals surface area contributed by atoms with Crippen molar-refractivity contribution < 1.29 is 9.47 Å². The van der Waals surface area contributed by atoms with E-state index in [2.05, 4.69) is 31.3 Å². The standard InChI is InChI=1S/C13H19NO2/c1-9-4-5-12(10(2)13(9)15-3)14-11-6-7-16-8-11/h4-5,11,14H,6-8H2,1-3H3. The second-order valence-corrected chi connectivity index (χ2v) is 4.29. The van der Waals surface area contributed by atoms with E-state index in [1.165, 1.54) is 11.1 Å². The van der Waals surface area contributed by atoms with Crippen LogP contribution in [0.3, 0.4) is 0 Å². The van der Waals surface area contributed by atoms with E-state index < -0.39 is 0 Å². The Morgan fingerprint density at radius 3 is 2.81 bits per heavy atom. The maximum atomic E-state index is 5.41. The summed E-state index contributed by atoms with van der Waals surface area (Å²) in [6.07, 6.45) is 1.08. The normalized spacial score (nSPS) is 19.8. The topological polar surface area (TPSA) is 30.5 Å². The van der Waals surface area contributed by atoms with Crippen molar-refractivity contribution in [1.82, 2.24) is 0 Å². The molecule has 0 amide bonds. The van der Waals surface area contributed by atoms with E-state index in [4.69, 9.17) is 9.47 Å². The summed E-state index contributed by atoms with van der Waals surface area (Å²) in [6.45, 7) is 5.81. The van der Waals surface area contributed by atoms with E-state index in [9.17, 15) is 0 Å². The van der Waals surface area contributed by atoms with Crippen LogP contribution in [0.1, 0.15) is 17.5 Å². The van der Waals surface area contributed by atoms with Gasteiger partial charge in [0.15, 0.2) is 0 Å². The van der Waals surface area contributed by atoms with Gasteiger partial charge in [0, 0.05) is 17.9 Å². The van der Waals surface area contributed by atoms with Gasteiger partial charge in [-0.25, -0.2) is 0 Å². The van der Waals surface area contributed by atoms with Crippen molar-refractivity contribution >= 4 is 5.69 Å². The fourth-order valence-electron chi connectivity index (χ4n) is 2.17. The monoisotopic (exact) mass is 221 g/mol. The average molecular weight is 221 g/mol. The quantitative estimate of drug-likeness (QED) is 0.850. The number of rotatable bonds is 3. The van der Waals surface area contributed by atoms with Crippen LogP contribution in [-0.4, -0.2) is 26.4 Å². The minimum Gasteiger partial charge on any atom is -0.496 e. The molecule has 1 heterocycles. The van der Waals surface area contributed by atoms with Gasteiger partial charge >= 0.3 is 0 Å². The number of ether oxygens (including phenoxy) is 2. The smallest absolute Gasteiger partial charge is 0.126 e. The summed E-state index contributed by atoms with van der Waals surface area (Å²) >= 11 is 0. The van der Waals surface area contributed by atoms with E-state index in [1.807, 2.05) is 0 Å². The molecular formula is C13H19NO2. The highest BCUT2D eigenvalue weighted by atomic mass is 16.5. The molecule has 2 rings (SSSR count). The van der Waals surface area contributed by atoms with Crippen molar-refractivity contribution in [2.45, 2.75) is 26.3 Å². The van der Waals surface area contributed by atoms with Crippen LogP contribution in [0, 0.1) is 13.8 Å². The Morgan fingerprint density at radius 2 is 2.19 bits per heavy atom. The van der Waals surface area contributed by atoms with Gasteiger partial charge in [0.05, 0.1) is 19.8 Å². The minimum absolute atomic E-state index is 0.436. The lowest BCUT2D eigenvalue weighted by atomic mass is 10.1. The van der Waals surface area contributed by atoms with Crippen LogP contribution in [0.25, 0.3) is 0 Å². The first kappa shape index (κ1) is 11.3. The zero-order valence-corrected chi connectivity index (χ0v) is 10.2. The molecule has 1 saturated heterocycles. The molecule has 1 aliphatic rings. The molecule has 1 aromatic rings. The van der Waals surface area contributed by atoms with Gasteiger partial charge in [0.25, 0.3) is 0 Å². The predicted molar refractivity (Wildman–Crippen MR) is 65.3 cm³/mol. The maximum absolute atomic E-state index is 5.41. The van der Waals surface area contributed by atoms with Crippen molar-refractivity contribution in [3.8, 4) is 5.75 Å². The number of methoxy groups -OCH3 is 1. The summed E-state index contributed by atoms with van der Waals surface area (Å²) < 4.78 is 10.8. The van der Waals surface area contributed by atoms with Gasteiger partial charge in [-0.15, -0.1) is 0 Å². The highest BCUT2D eigenvalue weighted by Gasteiger charge is 2.17. The Labute approximate surface area is 96.8 Å². The maximum Gasteiger partial charge on any atom is 0.126 e. The molecule has 16 heavy (non-hydrogen) atoms. The fraction of sp³-hybridized carbons (Fsp3) is 0.538. The summed E-state index contributed by atoms with van der Waals surface area (Å²) in [6, 6.07) is 4.64. The summed E-state index contributed by atoms with van der Waals surface area (Å²) in [5, 5.41) is 3.51. The van der Waals surface area contributed by atoms with Gasteiger partial charge in [-0.1, -0.05) is 6.07 Å². The third-order valence-corrected chi connectivity index (χ3v) is 3.10. The van der Waals surface area contributed by atoms with Crippen molar-refractivity contribution in [1.29, 1.82) is 0 Å². The third kappa shape index (κ3) is 2.14. The van der Waals surface area contributed by atoms with E-state index in [0.29, 0.717) is 6.04 Å². The van der Waals surface area contributed by atoms with Crippen LogP contribution in [0.2, 0.25) is 0 Å². The van der Waals surface area contributed by atoms with Gasteiger partial charge in [0.2, 0.25) is 0 Å². The highest BCUT2D eigenvalue weighted by Crippen LogP contribution is 2.30. The second-order valence-electron chi connectivity index (χ2n) is 4.29. The minimum atomic E-state index is 0.436. The van der Waals surface area contributed by atoms with E-state index in [1.54, 1.807) is 7.11 Å². The molecule has 0 saturated carbocycles. The van der Waals surface area contributed by atoms with Gasteiger partial charge in [-0.3, -0.25) is 0 Å². The average Bonchev–Trinajstić information content (AvgIpc) is 2.76. The molecule has 0 aromatic heterocycles. The molecule has 1 unspecified atom stereocenters. The van der Waals surface area contributed by atoms with Crippen LogP contribution in [0.4, 0.5) is 5.69 Å². The molecule has 0 spiro atoms. The Bertz CT molecular complexity index is 370. The molecule has 3 heteroatoms. The molecule has 88 valence electrons. The van der Waals surface area contributed by atoms with Gasteiger partial charge in [-0.2, -0.15) is 0 Å². The SMILES string of the molecule is COc1c(C)ccc(NC2CCOC2)c1C. The molecular weight excluding hydrogens is 202 g/mol. The number of benzene rings is 1. The van der Waals surface area contributed by atoms with Crippen molar-refractivity contribution in [2.75, 3.05) is 25.6 Å². The second kappa shape index (κ2) is 4.74. The summed E-state index contributed by atoms with van der Waals surface area (Å²) in [5.41, 5.74) is 3.50. The fourth-order valence-corrected chi connectivity index (χ4v) is 2.17. The number of hydrogen-bond donors (Lipinski definition) is 1. The molecule has 1 atom stereocenters. The first-order valence-corrected chi connectivity index (χ1v) is 5.71. The lowest BCUT2D eigenvalue weighted by molar-refractivity contribution is 0.195. The number of aryl methyl sites for hydroxylation is 1. The first-order valence-electron chi connectivity index (χ1n) is 5.71. The Kier molecular flexibility index (Phi) is 3.34. The number of anilines is 1. The van der Waals surface area contributed by atoms with Crippen molar-refractivity contribution in [3.05, 3.63) is 23.3 Å². The van der Waals surface area contributed by atoms with Crippen molar-refractivity contribution in [3.63, 3.8) is 0 Å². The lowest BCUT2D eigenvalue weighted by Crippen LogP contribution is -2.19. The molecule has 0 aliphatic carbocycles. The van der Waals surface area contributed by atoms with Gasteiger partial charge in [-0.05, 0) is 31.9 Å². The summed E-state index contributed by atoms with van der Waals surface area (Å²) in [5.74, 6) is 0.976. The van der Waals surface area contributed by atoms with Gasteiger partial charge in [0.1, 0.15) is 5.75 Å². The Hall–Kier alpha value is -1.22. The van der Waals surface area contributed by atoms with Crippen LogP contribution in [-0.2, 0) is 4.74 Å². The van der Waals surface area contributed by atoms with Crippen LogP contribution < -0.4 is 10.1 Å². The van der Waals surface area contributed by atoms with Crippen LogP contribution in [0.15, 0.2) is 12.1 Å². The molecule has 1 aromatic carbocycles. The summed E-state index contributed by atoms with van der Waals surface area (Å²) in [4.78, 5) is 0. The first-order chi connectivity index (χ1) is 7.72. The van der Waals surface area contributed by atoms with E-state index >= 15 is 0 Å². The molecule has 1 aliphatic heterocycles. The number of nitrogens with one attached hydrogen (secondary N) is 1. The molecule has 0 radical (unpaired) electrons. The molecule has 0 bridgehead atoms. The van der Waals surface area contributed by atoms with Crippen LogP contribution >= 0.6 is 0 Å². The van der Waals surface area contributed by atoms with E-state index in [-0.39, 0.29) is 0 Å². The number of hydrogen-bond acceptors (Lipinski definition) is 3. The van der Waals surface area contributed by atoms with E-state index in [0.717, 1.165) is 31.1 Å². The Morgan fingerprint density at radius 1 is 1.38 bits per heavy atom. The predicted octanol–water partition coefficient (Wildman–Crippen LogP) is 2.51. The largest absolute Gasteiger partial charge is 0.496 e. The summed E-state index contributed by atoms with van der Waals surface area (Å²) in [7, 11) is 1.72. The lowest BCUT2D eigenvalue weighted by Gasteiger charge is -2.17. The Balaban J connectivity index is 2.20.